The van der Waals surface area contributed by atoms with E-state index in [2.05, 4.69) is 15.9 Å². The fourth-order valence-corrected chi connectivity index (χ4v) is 3.20. The molecule has 0 bridgehead atoms. The van der Waals surface area contributed by atoms with Crippen molar-refractivity contribution in [2.24, 2.45) is 0 Å². The van der Waals surface area contributed by atoms with Gasteiger partial charge >= 0.3 is 6.18 Å². The van der Waals surface area contributed by atoms with E-state index in [-0.39, 0.29) is 5.69 Å². The summed E-state index contributed by atoms with van der Waals surface area (Å²) < 4.78 is 39.9. The lowest BCUT2D eigenvalue weighted by molar-refractivity contribution is -0.137. The van der Waals surface area contributed by atoms with Gasteiger partial charge in [0, 0.05) is 22.4 Å². The van der Waals surface area contributed by atoms with Gasteiger partial charge in [-0.2, -0.15) is 13.2 Å². The Morgan fingerprint density at radius 3 is 2.52 bits per heavy atom. The number of hydrogen-bond donors (Lipinski definition) is 0. The van der Waals surface area contributed by atoms with Gasteiger partial charge < -0.3 is 4.90 Å². The molecule has 0 fully saturated rings. The minimum Gasteiger partial charge on any atom is -0.366 e. The number of hydrogen-bond acceptors (Lipinski definition) is 2. The van der Waals surface area contributed by atoms with Crippen LogP contribution in [0.25, 0.3) is 0 Å². The summed E-state index contributed by atoms with van der Waals surface area (Å²) in [6.07, 6.45) is -4.35. The van der Waals surface area contributed by atoms with Crippen LogP contribution in [0.4, 0.5) is 18.9 Å². The van der Waals surface area contributed by atoms with Crippen LogP contribution < -0.4 is 4.90 Å². The van der Waals surface area contributed by atoms with E-state index in [9.17, 15) is 13.2 Å². The van der Waals surface area contributed by atoms with Gasteiger partial charge in [0.2, 0.25) is 0 Å². The summed E-state index contributed by atoms with van der Waals surface area (Å²) in [5, 5.41) is 2.34. The van der Waals surface area contributed by atoms with Crippen LogP contribution in [-0.4, -0.2) is 6.54 Å². The Labute approximate surface area is 134 Å². The first-order chi connectivity index (χ1) is 9.95. The SMILES string of the molecule is CCN(Cc1cccs1)c1ccc(CBr)cc1C(F)(F)F. The van der Waals surface area contributed by atoms with E-state index >= 15 is 0 Å². The molecule has 1 aromatic heterocycles. The van der Waals surface area contributed by atoms with Crippen LogP contribution in [0, 0.1) is 0 Å². The van der Waals surface area contributed by atoms with Crippen molar-refractivity contribution in [1.29, 1.82) is 0 Å². The van der Waals surface area contributed by atoms with Gasteiger partial charge in [-0.25, -0.2) is 0 Å². The van der Waals surface area contributed by atoms with Crippen LogP contribution in [-0.2, 0) is 18.1 Å². The summed E-state index contributed by atoms with van der Waals surface area (Å²) in [5.74, 6) is 0. The van der Waals surface area contributed by atoms with Gasteiger partial charge in [0.25, 0.3) is 0 Å². The van der Waals surface area contributed by atoms with Gasteiger partial charge in [0.15, 0.2) is 0 Å². The molecule has 0 atom stereocenters. The summed E-state index contributed by atoms with van der Waals surface area (Å²) in [7, 11) is 0. The summed E-state index contributed by atoms with van der Waals surface area (Å²) in [6, 6.07) is 8.37. The van der Waals surface area contributed by atoms with Gasteiger partial charge in [-0.05, 0) is 36.1 Å². The largest absolute Gasteiger partial charge is 0.418 e. The second-order valence-electron chi connectivity index (χ2n) is 4.58. The number of anilines is 1. The van der Waals surface area contributed by atoms with E-state index in [1.807, 2.05) is 24.4 Å². The highest BCUT2D eigenvalue weighted by molar-refractivity contribution is 9.08. The second-order valence-corrected chi connectivity index (χ2v) is 6.17. The fourth-order valence-electron chi connectivity index (χ4n) is 2.13. The molecule has 6 heteroatoms. The number of rotatable bonds is 5. The molecule has 114 valence electrons. The molecular formula is C15H15BrF3NS. The van der Waals surface area contributed by atoms with Crippen molar-refractivity contribution < 1.29 is 13.2 Å². The minimum absolute atomic E-state index is 0.239. The third-order valence-electron chi connectivity index (χ3n) is 3.17. The predicted octanol–water partition coefficient (Wildman–Crippen LogP) is 5.69. The van der Waals surface area contributed by atoms with E-state index < -0.39 is 11.7 Å². The van der Waals surface area contributed by atoms with Crippen molar-refractivity contribution in [2.75, 3.05) is 11.4 Å². The first-order valence-corrected chi connectivity index (χ1v) is 8.49. The lowest BCUT2D eigenvalue weighted by Crippen LogP contribution is -2.25. The number of halogens is 4. The van der Waals surface area contributed by atoms with E-state index in [1.54, 1.807) is 28.4 Å². The Bertz CT molecular complexity index is 581. The smallest absolute Gasteiger partial charge is 0.366 e. The zero-order chi connectivity index (χ0) is 15.5. The topological polar surface area (TPSA) is 3.24 Å². The van der Waals surface area contributed by atoms with Crippen molar-refractivity contribution in [3.05, 3.63) is 51.7 Å². The molecule has 1 heterocycles. The molecule has 0 aliphatic heterocycles. The predicted molar refractivity (Wildman–Crippen MR) is 85.1 cm³/mol. The maximum Gasteiger partial charge on any atom is 0.418 e. The average molecular weight is 378 g/mol. The molecule has 0 aliphatic carbocycles. The van der Waals surface area contributed by atoms with Gasteiger partial charge in [-0.3, -0.25) is 0 Å². The molecule has 0 N–H and O–H groups in total. The van der Waals surface area contributed by atoms with Crippen LogP contribution in [0.15, 0.2) is 35.7 Å². The standard InChI is InChI=1S/C15H15BrF3NS/c1-2-20(10-12-4-3-7-21-12)14-6-5-11(9-16)8-13(14)15(17,18)19/h3-8H,2,9-10H2,1H3. The first-order valence-electron chi connectivity index (χ1n) is 6.49. The van der Waals surface area contributed by atoms with Gasteiger partial charge in [0.1, 0.15) is 0 Å². The van der Waals surface area contributed by atoms with E-state index in [0.717, 1.165) is 4.88 Å². The monoisotopic (exact) mass is 377 g/mol. The van der Waals surface area contributed by atoms with Crippen LogP contribution in [0.2, 0.25) is 0 Å². The number of alkyl halides is 4. The molecule has 0 saturated heterocycles. The van der Waals surface area contributed by atoms with Crippen LogP contribution in [0.3, 0.4) is 0 Å². The minimum atomic E-state index is -4.35. The highest BCUT2D eigenvalue weighted by atomic mass is 79.9. The number of thiophene rings is 1. The molecule has 1 aromatic carbocycles. The molecular weight excluding hydrogens is 363 g/mol. The third kappa shape index (κ3) is 4.01. The van der Waals surface area contributed by atoms with Crippen LogP contribution >= 0.6 is 27.3 Å². The Morgan fingerprint density at radius 1 is 1.24 bits per heavy atom. The summed E-state index contributed by atoms with van der Waals surface area (Å²) in [6.45, 7) is 2.88. The number of nitrogens with zero attached hydrogens (tertiary/aromatic N) is 1. The lowest BCUT2D eigenvalue weighted by Gasteiger charge is -2.26. The second kappa shape index (κ2) is 6.83. The first kappa shape index (κ1) is 16.4. The van der Waals surface area contributed by atoms with Crippen molar-refractivity contribution in [1.82, 2.24) is 0 Å². The normalized spacial score (nSPS) is 11.7. The number of benzene rings is 1. The molecule has 21 heavy (non-hydrogen) atoms. The zero-order valence-corrected chi connectivity index (χ0v) is 13.9. The molecule has 2 rings (SSSR count). The lowest BCUT2D eigenvalue weighted by atomic mass is 10.1. The van der Waals surface area contributed by atoms with Crippen LogP contribution in [0.1, 0.15) is 22.9 Å². The van der Waals surface area contributed by atoms with Crippen molar-refractivity contribution in [2.45, 2.75) is 25.0 Å². The maximum atomic E-state index is 13.3. The highest BCUT2D eigenvalue weighted by Gasteiger charge is 2.35. The summed E-state index contributed by atoms with van der Waals surface area (Å²) >= 11 is 4.76. The molecule has 0 radical (unpaired) electrons. The summed E-state index contributed by atoms with van der Waals surface area (Å²) in [5.41, 5.74) is 0.291. The van der Waals surface area contributed by atoms with Gasteiger partial charge in [0.05, 0.1) is 12.1 Å². The fraction of sp³-hybridized carbons (Fsp3) is 0.333. The van der Waals surface area contributed by atoms with E-state index in [4.69, 9.17) is 0 Å². The average Bonchev–Trinajstić information content (AvgIpc) is 2.96. The Morgan fingerprint density at radius 2 is 2.00 bits per heavy atom. The van der Waals surface area contributed by atoms with Crippen LogP contribution in [0.5, 0.6) is 0 Å². The molecule has 0 saturated carbocycles. The Balaban J connectivity index is 2.40. The molecule has 0 amide bonds. The van der Waals surface area contributed by atoms with Crippen molar-refractivity contribution in [3.8, 4) is 0 Å². The van der Waals surface area contributed by atoms with Gasteiger partial charge in [-0.15, -0.1) is 11.3 Å². The molecule has 0 spiro atoms. The zero-order valence-electron chi connectivity index (χ0n) is 11.5. The maximum absolute atomic E-state index is 13.3. The molecule has 0 unspecified atom stereocenters. The quantitative estimate of drug-likeness (QED) is 0.605. The Hall–Kier alpha value is -1.01. The third-order valence-corrected chi connectivity index (χ3v) is 4.68. The van der Waals surface area contributed by atoms with E-state index in [1.165, 1.54) is 6.07 Å². The van der Waals surface area contributed by atoms with Crippen molar-refractivity contribution in [3.63, 3.8) is 0 Å². The molecule has 0 aliphatic rings. The highest BCUT2D eigenvalue weighted by Crippen LogP contribution is 2.38. The van der Waals surface area contributed by atoms with Gasteiger partial charge in [-0.1, -0.05) is 28.1 Å². The van der Waals surface area contributed by atoms with Crippen molar-refractivity contribution >= 4 is 33.0 Å². The Kier molecular flexibility index (Phi) is 5.32. The molecule has 2 aromatic rings. The summed E-state index contributed by atoms with van der Waals surface area (Å²) in [4.78, 5) is 2.81. The molecule has 1 nitrogen and oxygen atoms in total. The van der Waals surface area contributed by atoms with E-state index in [0.29, 0.717) is 24.0 Å².